The summed E-state index contributed by atoms with van der Waals surface area (Å²) in [6.07, 6.45) is -2.55. The van der Waals surface area contributed by atoms with Crippen LogP contribution in [0.5, 0.6) is 5.75 Å². The van der Waals surface area contributed by atoms with Gasteiger partial charge >= 0.3 is 6.18 Å². The molecule has 2 aromatic heterocycles. The van der Waals surface area contributed by atoms with Crippen LogP contribution in [0.1, 0.15) is 25.5 Å². The monoisotopic (exact) mass is 531 g/mol. The molecule has 196 valence electrons. The second-order valence-corrected chi connectivity index (χ2v) is 11.8. The fraction of sp³-hybridized carbons (Fsp3) is 0.370. The third-order valence-electron chi connectivity index (χ3n) is 7.06. The van der Waals surface area contributed by atoms with E-state index >= 15 is 0 Å². The molecule has 1 aliphatic heterocycles. The summed E-state index contributed by atoms with van der Waals surface area (Å²) < 4.78 is 71.4. The van der Waals surface area contributed by atoms with Gasteiger partial charge in [-0.1, -0.05) is 19.1 Å². The van der Waals surface area contributed by atoms with E-state index in [9.17, 15) is 21.6 Å². The smallest absolute Gasteiger partial charge is 0.433 e. The van der Waals surface area contributed by atoms with Crippen molar-refractivity contribution in [3.05, 3.63) is 54.2 Å². The van der Waals surface area contributed by atoms with Gasteiger partial charge in [-0.25, -0.2) is 13.4 Å². The lowest BCUT2D eigenvalue weighted by molar-refractivity contribution is -0.141. The summed E-state index contributed by atoms with van der Waals surface area (Å²) in [6, 6.07) is 12.6. The predicted molar refractivity (Wildman–Crippen MR) is 137 cm³/mol. The third kappa shape index (κ3) is 5.04. The van der Waals surface area contributed by atoms with Gasteiger partial charge in [-0.3, -0.25) is 0 Å². The number of H-pyrrole nitrogens is 1. The highest BCUT2D eigenvalue weighted by Gasteiger charge is 2.33. The summed E-state index contributed by atoms with van der Waals surface area (Å²) >= 11 is 0. The van der Waals surface area contributed by atoms with Gasteiger partial charge in [0.2, 0.25) is 0 Å². The number of piperidine rings is 1. The molecule has 10 heteroatoms. The highest BCUT2D eigenvalue weighted by molar-refractivity contribution is 7.91. The first-order chi connectivity index (χ1) is 17.6. The van der Waals surface area contributed by atoms with Crippen LogP contribution >= 0.6 is 0 Å². The maximum absolute atomic E-state index is 13.4. The zero-order valence-electron chi connectivity index (χ0n) is 20.6. The average molecular weight is 532 g/mol. The Hall–Kier alpha value is -3.11. The first kappa shape index (κ1) is 25.5. The van der Waals surface area contributed by atoms with Gasteiger partial charge in [-0.2, -0.15) is 13.2 Å². The lowest BCUT2D eigenvalue weighted by Crippen LogP contribution is -2.32. The Labute approximate surface area is 213 Å². The molecular formula is C27H28F3N3O3S. The number of fused-ring (bicyclic) bond motifs is 3. The molecule has 37 heavy (non-hydrogen) atoms. The zero-order valence-corrected chi connectivity index (χ0v) is 21.4. The van der Waals surface area contributed by atoms with Gasteiger partial charge in [0.15, 0.2) is 9.84 Å². The van der Waals surface area contributed by atoms with Crippen LogP contribution in [-0.4, -0.2) is 55.8 Å². The highest BCUT2D eigenvalue weighted by atomic mass is 32.2. The summed E-state index contributed by atoms with van der Waals surface area (Å²) in [5, 5.41) is 1.15. The van der Waals surface area contributed by atoms with Gasteiger partial charge in [0.1, 0.15) is 17.1 Å². The van der Waals surface area contributed by atoms with E-state index < -0.39 is 21.7 Å². The quantitative estimate of drug-likeness (QED) is 0.335. The summed E-state index contributed by atoms with van der Waals surface area (Å²) in [5.74, 6) is 0.884. The number of aromatic amines is 1. The van der Waals surface area contributed by atoms with Gasteiger partial charge in [0.05, 0.1) is 22.8 Å². The number of pyridine rings is 1. The number of ether oxygens (including phenoxy) is 1. The summed E-state index contributed by atoms with van der Waals surface area (Å²) in [6.45, 7) is 4.08. The third-order valence-corrected chi connectivity index (χ3v) is 8.79. The summed E-state index contributed by atoms with van der Waals surface area (Å²) in [4.78, 5) is 9.38. The Kier molecular flexibility index (Phi) is 6.66. The molecule has 1 aliphatic rings. The second kappa shape index (κ2) is 9.64. The first-order valence-corrected chi connectivity index (χ1v) is 13.9. The number of benzene rings is 2. The normalized spacial score (nSPS) is 16.0. The molecule has 3 heterocycles. The minimum Gasteiger partial charge on any atom is -0.491 e. The fourth-order valence-corrected chi connectivity index (χ4v) is 5.77. The first-order valence-electron chi connectivity index (χ1n) is 12.2. The largest absolute Gasteiger partial charge is 0.491 e. The molecular weight excluding hydrogens is 503 g/mol. The van der Waals surface area contributed by atoms with Crippen molar-refractivity contribution in [1.82, 2.24) is 14.9 Å². The lowest BCUT2D eigenvalue weighted by atomic mass is 9.98. The SMILES string of the molecule is CCS(=O)(=O)c1cccc(-c2ccc(OCC3CCN(C)CC3)c3[nH]c4nc(C(F)(F)F)ccc4c23)c1. The van der Waals surface area contributed by atoms with Crippen LogP contribution in [0.25, 0.3) is 33.1 Å². The van der Waals surface area contributed by atoms with Crippen molar-refractivity contribution in [3.8, 4) is 16.9 Å². The minimum atomic E-state index is -4.58. The van der Waals surface area contributed by atoms with Crippen LogP contribution in [0.4, 0.5) is 13.2 Å². The molecule has 0 bridgehead atoms. The van der Waals surface area contributed by atoms with Crippen molar-refractivity contribution < 1.29 is 26.3 Å². The Balaban J connectivity index is 1.64. The maximum atomic E-state index is 13.4. The van der Waals surface area contributed by atoms with E-state index in [4.69, 9.17) is 4.74 Å². The molecule has 5 rings (SSSR count). The van der Waals surface area contributed by atoms with Crippen LogP contribution in [0.2, 0.25) is 0 Å². The number of hydrogen-bond acceptors (Lipinski definition) is 5. The molecule has 0 unspecified atom stereocenters. The molecule has 0 amide bonds. The molecule has 0 aliphatic carbocycles. The molecule has 0 radical (unpaired) electrons. The van der Waals surface area contributed by atoms with Gasteiger partial charge in [-0.15, -0.1) is 0 Å². The molecule has 4 aromatic rings. The predicted octanol–water partition coefficient (Wildman–Crippen LogP) is 5.92. The maximum Gasteiger partial charge on any atom is 0.433 e. The van der Waals surface area contributed by atoms with Crippen molar-refractivity contribution >= 4 is 31.8 Å². The number of hydrogen-bond donors (Lipinski definition) is 1. The number of sulfone groups is 1. The van der Waals surface area contributed by atoms with E-state index in [1.807, 2.05) is 6.07 Å². The van der Waals surface area contributed by atoms with Crippen LogP contribution in [0.15, 0.2) is 53.4 Å². The molecule has 2 aromatic carbocycles. The van der Waals surface area contributed by atoms with E-state index in [-0.39, 0.29) is 16.3 Å². The Morgan fingerprint density at radius 1 is 1.11 bits per heavy atom. The van der Waals surface area contributed by atoms with Crippen LogP contribution in [0, 0.1) is 5.92 Å². The minimum absolute atomic E-state index is 0.0349. The number of halogens is 3. The fourth-order valence-electron chi connectivity index (χ4n) is 4.84. The van der Waals surface area contributed by atoms with E-state index in [0.29, 0.717) is 45.7 Å². The summed E-state index contributed by atoms with van der Waals surface area (Å²) in [7, 11) is -1.35. The van der Waals surface area contributed by atoms with Gasteiger partial charge in [-0.05, 0) is 86.4 Å². The topological polar surface area (TPSA) is 75.3 Å². The van der Waals surface area contributed by atoms with Crippen molar-refractivity contribution in [1.29, 1.82) is 0 Å². The number of likely N-dealkylation sites (tertiary alicyclic amines) is 1. The Morgan fingerprint density at radius 2 is 1.86 bits per heavy atom. The van der Waals surface area contributed by atoms with E-state index in [1.54, 1.807) is 37.3 Å². The van der Waals surface area contributed by atoms with Gasteiger partial charge in [0.25, 0.3) is 0 Å². The number of rotatable bonds is 6. The Morgan fingerprint density at radius 3 is 2.57 bits per heavy atom. The number of nitrogens with zero attached hydrogens (tertiary/aromatic N) is 2. The average Bonchev–Trinajstić information content (AvgIpc) is 3.27. The molecule has 0 atom stereocenters. The molecule has 6 nitrogen and oxygen atoms in total. The number of alkyl halides is 3. The molecule has 1 N–H and O–H groups in total. The van der Waals surface area contributed by atoms with E-state index in [1.165, 1.54) is 6.07 Å². The molecule has 1 saturated heterocycles. The van der Waals surface area contributed by atoms with Crippen molar-refractivity contribution in [3.63, 3.8) is 0 Å². The van der Waals surface area contributed by atoms with Crippen molar-refractivity contribution in [2.75, 3.05) is 32.5 Å². The second-order valence-electron chi connectivity index (χ2n) is 9.57. The lowest BCUT2D eigenvalue weighted by Gasteiger charge is -2.28. The van der Waals surface area contributed by atoms with Crippen molar-refractivity contribution in [2.24, 2.45) is 5.92 Å². The van der Waals surface area contributed by atoms with Gasteiger partial charge < -0.3 is 14.6 Å². The van der Waals surface area contributed by atoms with Gasteiger partial charge in [0, 0.05) is 10.8 Å². The van der Waals surface area contributed by atoms with Crippen LogP contribution in [0.3, 0.4) is 0 Å². The summed E-state index contributed by atoms with van der Waals surface area (Å²) in [5.41, 5.74) is 0.970. The number of nitrogens with one attached hydrogen (secondary N) is 1. The highest BCUT2D eigenvalue weighted by Crippen LogP contribution is 2.40. The molecule has 0 spiro atoms. The van der Waals surface area contributed by atoms with E-state index in [0.717, 1.165) is 32.0 Å². The van der Waals surface area contributed by atoms with Crippen molar-refractivity contribution in [2.45, 2.75) is 30.8 Å². The van der Waals surface area contributed by atoms with E-state index in [2.05, 4.69) is 21.9 Å². The van der Waals surface area contributed by atoms with Crippen LogP contribution < -0.4 is 4.74 Å². The van der Waals surface area contributed by atoms with Crippen LogP contribution in [-0.2, 0) is 16.0 Å². The number of aromatic nitrogens is 2. The molecule has 0 saturated carbocycles. The Bertz CT molecular complexity index is 1560. The zero-order chi connectivity index (χ0) is 26.4. The molecule has 1 fully saturated rings. The standard InChI is InChI=1S/C27H28F3N3O3S/c1-3-37(34,35)19-6-4-5-18(15-19)20-7-9-22(36-16-17-11-13-33(2)14-12-17)25-24(20)21-8-10-23(27(28,29)30)31-26(21)32-25/h4-10,15,17H,3,11-14,16H2,1-2H3,(H,31,32).